The third kappa shape index (κ3) is 7.27. The third-order valence-electron chi connectivity index (χ3n) is 7.22. The van der Waals surface area contributed by atoms with Crippen LogP contribution in [0.2, 0.25) is 0 Å². The number of nitrogens with one attached hydrogen (secondary N) is 2. The summed E-state index contributed by atoms with van der Waals surface area (Å²) in [6.07, 6.45) is 3.03. The molecule has 2 N–H and O–H groups in total. The predicted molar refractivity (Wildman–Crippen MR) is 152 cm³/mol. The number of allylic oxidation sites excluding steroid dienone is 1. The second-order valence-corrected chi connectivity index (χ2v) is 12.6. The summed E-state index contributed by atoms with van der Waals surface area (Å²) in [6.45, 7) is 4.89. The zero-order chi connectivity index (χ0) is 29.8. The Morgan fingerprint density at radius 2 is 1.93 bits per heavy atom. The van der Waals surface area contributed by atoms with Crippen LogP contribution in [0.1, 0.15) is 36.5 Å². The summed E-state index contributed by atoms with van der Waals surface area (Å²) >= 11 is 0. The number of nitro benzene ring substituents is 1. The van der Waals surface area contributed by atoms with Crippen LogP contribution in [0.15, 0.2) is 53.9 Å². The molecule has 41 heavy (non-hydrogen) atoms. The van der Waals surface area contributed by atoms with Crippen LogP contribution in [0.5, 0.6) is 0 Å². The molecule has 0 spiro atoms. The van der Waals surface area contributed by atoms with Crippen molar-refractivity contribution in [3.05, 3.63) is 80.7 Å². The van der Waals surface area contributed by atoms with Gasteiger partial charge in [-0.05, 0) is 49.1 Å². The Kier molecular flexibility index (Phi) is 8.74. The van der Waals surface area contributed by atoms with E-state index in [1.54, 1.807) is 17.0 Å². The van der Waals surface area contributed by atoms with Gasteiger partial charge in [0.05, 0.1) is 17.3 Å². The third-order valence-corrected chi connectivity index (χ3v) is 9.07. The smallest absolute Gasteiger partial charge is 0.293 e. The van der Waals surface area contributed by atoms with E-state index in [9.17, 15) is 23.3 Å². The summed E-state index contributed by atoms with van der Waals surface area (Å²) in [6, 6.07) is 12.8. The van der Waals surface area contributed by atoms with E-state index in [1.165, 1.54) is 16.4 Å². The molecule has 12 nitrogen and oxygen atoms in total. The van der Waals surface area contributed by atoms with Crippen molar-refractivity contribution in [2.45, 2.75) is 32.4 Å². The van der Waals surface area contributed by atoms with Gasteiger partial charge in [-0.25, -0.2) is 8.42 Å². The SMILES string of the molecule is Cc1cccc(NC(=O)/C(OCC2(C)CC2)=C(\C=N)N2CCN(S(=O)(=O)Cc3ccc(C#N)c([N+](=O)[O-])c3)CC2)c1. The van der Waals surface area contributed by atoms with Gasteiger partial charge in [0, 0.05) is 49.6 Å². The number of nitrogens with zero attached hydrogens (tertiary/aromatic N) is 4. The largest absolute Gasteiger partial charge is 0.486 e. The van der Waals surface area contributed by atoms with Gasteiger partial charge in [-0.15, -0.1) is 0 Å². The van der Waals surface area contributed by atoms with E-state index < -0.39 is 32.3 Å². The molecule has 2 aliphatic rings. The number of benzene rings is 2. The summed E-state index contributed by atoms with van der Waals surface area (Å²) in [5, 5.41) is 31.3. The lowest BCUT2D eigenvalue weighted by molar-refractivity contribution is -0.385. The summed E-state index contributed by atoms with van der Waals surface area (Å²) in [4.78, 5) is 25.7. The molecule has 216 valence electrons. The molecule has 0 bridgehead atoms. The Labute approximate surface area is 238 Å². The average Bonchev–Trinajstić information content (AvgIpc) is 3.67. The number of piperazine rings is 1. The number of hydrogen-bond acceptors (Lipinski definition) is 9. The molecule has 2 aromatic carbocycles. The van der Waals surface area contributed by atoms with E-state index in [0.29, 0.717) is 12.3 Å². The average molecular weight is 581 g/mol. The molecule has 0 unspecified atom stereocenters. The molecule has 1 aliphatic heterocycles. The standard InChI is InChI=1S/C28H32N6O6S/c1-20-4-3-5-23(14-20)31-27(35)26(40-19-28(2)8-9-28)25(17-30)32-10-12-33(13-11-32)41(38,39)18-21-6-7-22(16-29)24(15-21)34(36)37/h3-7,14-15,17,30H,8-13,18-19H2,1-2H3,(H,31,35)/b26-25-,30-17?. The van der Waals surface area contributed by atoms with E-state index in [1.807, 2.05) is 25.1 Å². The number of aryl methyl sites for hydroxylation is 1. The number of anilines is 1. The molecule has 0 aromatic heterocycles. The Bertz CT molecular complexity index is 1540. The number of carbonyl (C=O) groups is 1. The summed E-state index contributed by atoms with van der Waals surface area (Å²) in [5.41, 5.74) is 1.43. The molecule has 0 atom stereocenters. The number of nitriles is 1. The van der Waals surface area contributed by atoms with Crippen molar-refractivity contribution in [1.29, 1.82) is 10.7 Å². The lowest BCUT2D eigenvalue weighted by Gasteiger charge is -2.36. The normalized spacial score (nSPS) is 17.1. The second kappa shape index (κ2) is 12.1. The van der Waals surface area contributed by atoms with Crippen LogP contribution in [0.3, 0.4) is 0 Å². The van der Waals surface area contributed by atoms with Crippen LogP contribution < -0.4 is 5.32 Å². The molecule has 13 heteroatoms. The number of hydrogen-bond donors (Lipinski definition) is 2. The number of ether oxygens (including phenoxy) is 1. The lowest BCUT2D eigenvalue weighted by Crippen LogP contribution is -2.49. The predicted octanol–water partition coefficient (Wildman–Crippen LogP) is 3.54. The van der Waals surface area contributed by atoms with Gasteiger partial charge < -0.3 is 20.4 Å². The maximum atomic E-state index is 13.4. The number of amides is 1. The minimum absolute atomic E-state index is 0.0100. The van der Waals surface area contributed by atoms with E-state index in [4.69, 9.17) is 15.4 Å². The number of carbonyl (C=O) groups excluding carboxylic acids is 1. The topological polar surface area (TPSA) is 170 Å². The highest BCUT2D eigenvalue weighted by molar-refractivity contribution is 7.88. The minimum Gasteiger partial charge on any atom is -0.486 e. The van der Waals surface area contributed by atoms with Crippen molar-refractivity contribution in [1.82, 2.24) is 9.21 Å². The molecule has 1 amide bonds. The van der Waals surface area contributed by atoms with Gasteiger partial charge >= 0.3 is 0 Å². The van der Waals surface area contributed by atoms with E-state index in [2.05, 4.69) is 12.2 Å². The number of nitro groups is 1. The molecule has 2 aromatic rings. The van der Waals surface area contributed by atoms with Crippen LogP contribution in [-0.2, 0) is 25.3 Å². The lowest BCUT2D eigenvalue weighted by atomic mass is 10.1. The maximum Gasteiger partial charge on any atom is 0.293 e. The quantitative estimate of drug-likeness (QED) is 0.134. The molecule has 1 aliphatic carbocycles. The fourth-order valence-corrected chi connectivity index (χ4v) is 6.00. The molecule has 4 rings (SSSR count). The molecule has 0 radical (unpaired) electrons. The zero-order valence-corrected chi connectivity index (χ0v) is 23.7. The van der Waals surface area contributed by atoms with Gasteiger partial charge in [0.2, 0.25) is 15.8 Å². The van der Waals surface area contributed by atoms with Crippen molar-refractivity contribution in [2.75, 3.05) is 38.1 Å². The first-order valence-corrected chi connectivity index (χ1v) is 14.7. The van der Waals surface area contributed by atoms with E-state index in [-0.39, 0.29) is 54.2 Å². The van der Waals surface area contributed by atoms with Gasteiger partial charge in [-0.1, -0.05) is 25.1 Å². The molecule has 1 heterocycles. The van der Waals surface area contributed by atoms with Crippen molar-refractivity contribution in [3.8, 4) is 6.07 Å². The summed E-state index contributed by atoms with van der Waals surface area (Å²) < 4.78 is 33.6. The van der Waals surface area contributed by atoms with Crippen molar-refractivity contribution in [3.63, 3.8) is 0 Å². The molecular weight excluding hydrogens is 548 g/mol. The zero-order valence-electron chi connectivity index (χ0n) is 22.9. The molecule has 1 saturated carbocycles. The highest BCUT2D eigenvalue weighted by Crippen LogP contribution is 2.45. The first kappa shape index (κ1) is 29.7. The molecule has 1 saturated heterocycles. The maximum absolute atomic E-state index is 13.4. The minimum atomic E-state index is -3.84. The highest BCUT2D eigenvalue weighted by Gasteiger charge is 2.39. The van der Waals surface area contributed by atoms with Crippen LogP contribution >= 0.6 is 0 Å². The monoisotopic (exact) mass is 580 g/mol. The Morgan fingerprint density at radius 1 is 1.22 bits per heavy atom. The van der Waals surface area contributed by atoms with Gasteiger partial charge in [0.25, 0.3) is 11.6 Å². The summed E-state index contributed by atoms with van der Waals surface area (Å²) in [7, 11) is -3.84. The number of sulfonamides is 1. The van der Waals surface area contributed by atoms with Crippen molar-refractivity contribution >= 4 is 33.5 Å². The van der Waals surface area contributed by atoms with Gasteiger partial charge in [-0.2, -0.15) is 9.57 Å². The van der Waals surface area contributed by atoms with Gasteiger partial charge in [0.15, 0.2) is 0 Å². The fourth-order valence-electron chi connectivity index (χ4n) is 4.49. The first-order valence-electron chi connectivity index (χ1n) is 13.1. The summed E-state index contributed by atoms with van der Waals surface area (Å²) in [5.74, 6) is -0.940. The Morgan fingerprint density at radius 3 is 2.51 bits per heavy atom. The van der Waals surface area contributed by atoms with Crippen LogP contribution in [0, 0.1) is 39.2 Å². The van der Waals surface area contributed by atoms with Gasteiger partial charge in [0.1, 0.15) is 17.3 Å². The van der Waals surface area contributed by atoms with Crippen LogP contribution in [0.25, 0.3) is 0 Å². The number of rotatable bonds is 11. The first-order chi connectivity index (χ1) is 19.4. The van der Waals surface area contributed by atoms with E-state index >= 15 is 0 Å². The van der Waals surface area contributed by atoms with Crippen molar-refractivity contribution < 1.29 is 22.9 Å². The van der Waals surface area contributed by atoms with E-state index in [0.717, 1.165) is 30.7 Å². The van der Waals surface area contributed by atoms with Crippen LogP contribution in [-0.4, -0.2) is 67.5 Å². The van der Waals surface area contributed by atoms with Crippen LogP contribution in [0.4, 0.5) is 11.4 Å². The fraction of sp³-hybridized carbons (Fsp3) is 0.393. The molecular formula is C28H32N6O6S. The second-order valence-electron chi connectivity index (χ2n) is 10.6. The Hall–Kier alpha value is -4.28. The molecule has 2 fully saturated rings. The Balaban J connectivity index is 1.50. The van der Waals surface area contributed by atoms with Crippen molar-refractivity contribution in [2.24, 2.45) is 5.41 Å². The van der Waals surface area contributed by atoms with Gasteiger partial charge in [-0.3, -0.25) is 14.9 Å². The highest BCUT2D eigenvalue weighted by atomic mass is 32.2.